The number of nitro benzene ring substituents is 1. The zero-order chi connectivity index (χ0) is 12.3. The average Bonchev–Trinajstić information content (AvgIpc) is 2.80. The van der Waals surface area contributed by atoms with Gasteiger partial charge in [-0.05, 0) is 24.5 Å². The summed E-state index contributed by atoms with van der Waals surface area (Å²) in [5.41, 5.74) is 0.995. The summed E-state index contributed by atoms with van der Waals surface area (Å²) in [6.45, 7) is 0. The summed E-state index contributed by atoms with van der Waals surface area (Å²) >= 11 is 7.67. The van der Waals surface area contributed by atoms with Crippen LogP contribution in [0, 0.1) is 10.1 Å². The van der Waals surface area contributed by atoms with E-state index in [9.17, 15) is 10.1 Å². The number of hydrogen-bond donors (Lipinski definition) is 0. The van der Waals surface area contributed by atoms with Crippen LogP contribution in [0.3, 0.4) is 0 Å². The second-order valence-electron chi connectivity index (χ2n) is 4.26. The second-order valence-corrected chi connectivity index (χ2v) is 5.96. The first-order chi connectivity index (χ1) is 8.16. The van der Waals surface area contributed by atoms with Gasteiger partial charge in [0.05, 0.1) is 4.92 Å². The standard InChI is InChI=1S/C12H14ClNO2S/c13-11-6-5-9(7-12(11)14(15)16)8-17-10-3-1-2-4-10/h5-7,10H,1-4,8H2. The van der Waals surface area contributed by atoms with E-state index in [4.69, 9.17) is 11.6 Å². The third-order valence-electron chi connectivity index (χ3n) is 3.00. The van der Waals surface area contributed by atoms with Crippen LogP contribution in [0.1, 0.15) is 31.2 Å². The highest BCUT2D eigenvalue weighted by Crippen LogP contribution is 2.33. The van der Waals surface area contributed by atoms with E-state index in [1.165, 1.54) is 25.7 Å². The minimum Gasteiger partial charge on any atom is -0.258 e. The van der Waals surface area contributed by atoms with Gasteiger partial charge in [0, 0.05) is 17.1 Å². The molecule has 0 bridgehead atoms. The van der Waals surface area contributed by atoms with Crippen molar-refractivity contribution in [2.75, 3.05) is 0 Å². The predicted molar refractivity (Wildman–Crippen MR) is 71.7 cm³/mol. The fourth-order valence-corrected chi connectivity index (χ4v) is 3.52. The maximum Gasteiger partial charge on any atom is 0.288 e. The van der Waals surface area contributed by atoms with Crippen molar-refractivity contribution in [3.63, 3.8) is 0 Å². The maximum absolute atomic E-state index is 10.7. The van der Waals surface area contributed by atoms with Crippen molar-refractivity contribution in [2.24, 2.45) is 0 Å². The largest absolute Gasteiger partial charge is 0.288 e. The molecule has 1 aliphatic carbocycles. The third kappa shape index (κ3) is 3.36. The molecule has 0 N–H and O–H groups in total. The Bertz CT molecular complexity index is 419. The number of benzene rings is 1. The molecule has 3 nitrogen and oxygen atoms in total. The van der Waals surface area contributed by atoms with Gasteiger partial charge < -0.3 is 0 Å². The molecule has 0 spiro atoms. The molecule has 1 aromatic carbocycles. The molecular formula is C12H14ClNO2S. The molecule has 0 unspecified atom stereocenters. The number of nitro groups is 1. The van der Waals surface area contributed by atoms with Crippen LogP contribution in [0.2, 0.25) is 5.02 Å². The molecular weight excluding hydrogens is 258 g/mol. The van der Waals surface area contributed by atoms with E-state index < -0.39 is 4.92 Å². The van der Waals surface area contributed by atoms with Crippen molar-refractivity contribution in [3.8, 4) is 0 Å². The minimum absolute atomic E-state index is 0.0104. The Hall–Kier alpha value is -0.740. The average molecular weight is 272 g/mol. The van der Waals surface area contributed by atoms with Gasteiger partial charge >= 0.3 is 0 Å². The highest BCUT2D eigenvalue weighted by atomic mass is 35.5. The van der Waals surface area contributed by atoms with E-state index >= 15 is 0 Å². The number of thioether (sulfide) groups is 1. The minimum atomic E-state index is -0.425. The first-order valence-corrected chi connectivity index (χ1v) is 7.14. The topological polar surface area (TPSA) is 43.1 Å². The molecule has 5 heteroatoms. The Kier molecular flexibility index (Phi) is 4.29. The fourth-order valence-electron chi connectivity index (χ4n) is 2.06. The lowest BCUT2D eigenvalue weighted by Crippen LogP contribution is -1.96. The summed E-state index contributed by atoms with van der Waals surface area (Å²) in [6, 6.07) is 5.08. The van der Waals surface area contributed by atoms with Gasteiger partial charge in [0.25, 0.3) is 5.69 Å². The molecule has 0 aliphatic heterocycles. The van der Waals surface area contributed by atoms with Crippen LogP contribution in [-0.4, -0.2) is 10.2 Å². The van der Waals surface area contributed by atoms with Crippen molar-refractivity contribution >= 4 is 29.1 Å². The van der Waals surface area contributed by atoms with Crippen molar-refractivity contribution in [3.05, 3.63) is 38.9 Å². The molecule has 1 saturated carbocycles. The summed E-state index contributed by atoms with van der Waals surface area (Å²) in [5, 5.41) is 11.7. The van der Waals surface area contributed by atoms with Gasteiger partial charge in [0.15, 0.2) is 0 Å². The van der Waals surface area contributed by atoms with E-state index in [1.54, 1.807) is 12.1 Å². The molecule has 0 saturated heterocycles. The lowest BCUT2D eigenvalue weighted by Gasteiger charge is -2.08. The fraction of sp³-hybridized carbons (Fsp3) is 0.500. The molecule has 1 aliphatic rings. The normalized spacial score (nSPS) is 16.3. The molecule has 0 amide bonds. The summed E-state index contributed by atoms with van der Waals surface area (Å²) in [7, 11) is 0. The van der Waals surface area contributed by atoms with Crippen LogP contribution in [0.15, 0.2) is 18.2 Å². The first kappa shape index (κ1) is 12.7. The molecule has 92 valence electrons. The van der Waals surface area contributed by atoms with Gasteiger partial charge in [-0.15, -0.1) is 0 Å². The molecule has 0 aromatic heterocycles. The van der Waals surface area contributed by atoms with E-state index in [0.717, 1.165) is 16.6 Å². The number of rotatable bonds is 4. The molecule has 1 aromatic rings. The molecule has 0 heterocycles. The van der Waals surface area contributed by atoms with Crippen LogP contribution in [0.4, 0.5) is 5.69 Å². The number of hydrogen-bond acceptors (Lipinski definition) is 3. The summed E-state index contributed by atoms with van der Waals surface area (Å²) in [4.78, 5) is 10.3. The Balaban J connectivity index is 2.00. The monoisotopic (exact) mass is 271 g/mol. The van der Waals surface area contributed by atoms with Gasteiger partial charge in [0.2, 0.25) is 0 Å². The molecule has 0 atom stereocenters. The quantitative estimate of drug-likeness (QED) is 0.601. The Morgan fingerprint density at radius 1 is 1.41 bits per heavy atom. The Morgan fingerprint density at radius 2 is 2.12 bits per heavy atom. The van der Waals surface area contributed by atoms with Gasteiger partial charge in [0.1, 0.15) is 5.02 Å². The molecule has 0 radical (unpaired) electrons. The van der Waals surface area contributed by atoms with Crippen molar-refractivity contribution in [1.29, 1.82) is 0 Å². The Labute approximate surface area is 110 Å². The zero-order valence-electron chi connectivity index (χ0n) is 9.39. The van der Waals surface area contributed by atoms with Crippen LogP contribution < -0.4 is 0 Å². The SMILES string of the molecule is O=[N+]([O-])c1cc(CSC2CCCC2)ccc1Cl. The van der Waals surface area contributed by atoms with E-state index in [1.807, 2.05) is 17.8 Å². The molecule has 1 fully saturated rings. The number of halogens is 1. The molecule has 17 heavy (non-hydrogen) atoms. The Morgan fingerprint density at radius 3 is 2.76 bits per heavy atom. The predicted octanol–water partition coefficient (Wildman–Crippen LogP) is 4.42. The maximum atomic E-state index is 10.7. The van der Waals surface area contributed by atoms with Crippen molar-refractivity contribution in [1.82, 2.24) is 0 Å². The lowest BCUT2D eigenvalue weighted by molar-refractivity contribution is -0.384. The van der Waals surface area contributed by atoms with Crippen LogP contribution >= 0.6 is 23.4 Å². The summed E-state index contributed by atoms with van der Waals surface area (Å²) in [6.07, 6.45) is 5.19. The van der Waals surface area contributed by atoms with Gasteiger partial charge in [-0.3, -0.25) is 10.1 Å². The van der Waals surface area contributed by atoms with Gasteiger partial charge in [-0.2, -0.15) is 11.8 Å². The summed E-state index contributed by atoms with van der Waals surface area (Å²) in [5.74, 6) is 0.836. The van der Waals surface area contributed by atoms with Gasteiger partial charge in [-0.25, -0.2) is 0 Å². The van der Waals surface area contributed by atoms with Crippen LogP contribution in [-0.2, 0) is 5.75 Å². The van der Waals surface area contributed by atoms with Crippen molar-refractivity contribution < 1.29 is 4.92 Å². The smallest absolute Gasteiger partial charge is 0.258 e. The van der Waals surface area contributed by atoms with E-state index in [2.05, 4.69) is 0 Å². The third-order valence-corrected chi connectivity index (χ3v) is 4.76. The lowest BCUT2D eigenvalue weighted by atomic mass is 10.2. The first-order valence-electron chi connectivity index (χ1n) is 5.71. The highest BCUT2D eigenvalue weighted by Gasteiger charge is 2.17. The van der Waals surface area contributed by atoms with Crippen LogP contribution in [0.5, 0.6) is 0 Å². The number of nitrogens with zero attached hydrogens (tertiary/aromatic N) is 1. The second kappa shape index (κ2) is 5.74. The summed E-state index contributed by atoms with van der Waals surface area (Å²) < 4.78 is 0. The van der Waals surface area contributed by atoms with Crippen molar-refractivity contribution in [2.45, 2.75) is 36.7 Å². The van der Waals surface area contributed by atoms with Crippen LogP contribution in [0.25, 0.3) is 0 Å². The van der Waals surface area contributed by atoms with E-state index in [-0.39, 0.29) is 10.7 Å². The van der Waals surface area contributed by atoms with Gasteiger partial charge in [-0.1, -0.05) is 30.5 Å². The zero-order valence-corrected chi connectivity index (χ0v) is 11.0. The molecule has 2 rings (SSSR count). The highest BCUT2D eigenvalue weighted by molar-refractivity contribution is 7.99. The van der Waals surface area contributed by atoms with E-state index in [0.29, 0.717) is 0 Å².